The molecule has 0 unspecified atom stereocenters. The molecule has 0 aromatic carbocycles. The van der Waals surface area contributed by atoms with Crippen LogP contribution in [0.25, 0.3) is 0 Å². The van der Waals surface area contributed by atoms with Crippen molar-refractivity contribution in [3.63, 3.8) is 0 Å². The van der Waals surface area contributed by atoms with Crippen LogP contribution in [0.4, 0.5) is 0 Å². The minimum absolute atomic E-state index is 0. The average Bonchev–Trinajstić information content (AvgIpc) is 1.25. The maximum absolute atomic E-state index is 8.58. The molecule has 1 radical (unpaired) electrons. The van der Waals surface area contributed by atoms with E-state index in [-0.39, 0.29) is 54.8 Å². The third-order valence-corrected chi connectivity index (χ3v) is 0. The van der Waals surface area contributed by atoms with Gasteiger partial charge in [0.1, 0.15) is 0 Å². The monoisotopic (exact) mass is 295 g/mol. The molecule has 0 aliphatic rings. The number of rotatable bonds is 0. The molecule has 0 aliphatic carbocycles. The number of hydrogen-bond donors (Lipinski definition) is 0. The van der Waals surface area contributed by atoms with Crippen LogP contribution in [0.15, 0.2) is 0 Å². The summed E-state index contributed by atoms with van der Waals surface area (Å²) in [4.78, 5) is 0. The van der Waals surface area contributed by atoms with E-state index in [2.05, 4.69) is 0 Å². The van der Waals surface area contributed by atoms with Crippen molar-refractivity contribution in [3.05, 3.63) is 0 Å². The van der Waals surface area contributed by atoms with E-state index in [1.54, 1.807) is 0 Å². The van der Waals surface area contributed by atoms with Crippen molar-refractivity contribution >= 4 is 37.7 Å². The summed E-state index contributed by atoms with van der Waals surface area (Å²) in [5, 5.41) is 0. The van der Waals surface area contributed by atoms with E-state index < -0.39 is 37.2 Å². The molecule has 0 aromatic heterocycles. The fourth-order valence-corrected chi connectivity index (χ4v) is 0. The molecule has 0 saturated carbocycles. The van der Waals surface area contributed by atoms with Crippen molar-refractivity contribution in [2.75, 3.05) is 0 Å². The van der Waals surface area contributed by atoms with Gasteiger partial charge in [0.25, 0.3) is 0 Å². The molecule has 10 heavy (non-hydrogen) atoms. The molecule has 0 bridgehead atoms. The molecule has 0 spiro atoms. The molecule has 0 saturated heterocycles. The van der Waals surface area contributed by atoms with Gasteiger partial charge in [0.2, 0.25) is 0 Å². The van der Waals surface area contributed by atoms with Gasteiger partial charge in [-0.05, 0) is 0 Å². The van der Waals surface area contributed by atoms with Gasteiger partial charge in [0, 0.05) is 0 Å². The van der Waals surface area contributed by atoms with Gasteiger partial charge in [-0.3, -0.25) is 0 Å². The Balaban J connectivity index is -0.0000000300. The van der Waals surface area contributed by atoms with Crippen molar-refractivity contribution in [2.45, 2.75) is 0 Å². The van der Waals surface area contributed by atoms with Crippen molar-refractivity contribution < 1.29 is 75.7 Å². The molecular formula is CaCuO6Ti2. The van der Waals surface area contributed by atoms with E-state index in [1.807, 2.05) is 0 Å². The third-order valence-electron chi connectivity index (χ3n) is 0. The molecule has 0 aromatic rings. The van der Waals surface area contributed by atoms with Gasteiger partial charge >= 0.3 is 113 Å². The summed E-state index contributed by atoms with van der Waals surface area (Å²) in [6.45, 7) is 0. The Bertz CT molecular complexity index is 73.7. The molecular weight excluding hydrogens is 295 g/mol. The SMILES string of the molecule is [Ca+2].[Cu+2].[O]=[Ti]([O-])[O-].[O]=[Ti]([O-])[O-]. The Kier molecular flexibility index (Phi) is 40.5. The van der Waals surface area contributed by atoms with Gasteiger partial charge < -0.3 is 0 Å². The molecule has 0 rings (SSSR count). The summed E-state index contributed by atoms with van der Waals surface area (Å²) in [6.07, 6.45) is 0. The van der Waals surface area contributed by atoms with Crippen LogP contribution in [0.5, 0.6) is 0 Å². The van der Waals surface area contributed by atoms with Crippen LogP contribution in [0.1, 0.15) is 0 Å². The second-order valence-electron chi connectivity index (χ2n) is 0.500. The van der Waals surface area contributed by atoms with Crippen LogP contribution >= 0.6 is 0 Å². The Morgan fingerprint density at radius 2 is 0.800 bits per heavy atom. The fourth-order valence-electron chi connectivity index (χ4n) is 0. The van der Waals surface area contributed by atoms with Crippen LogP contribution in [-0.4, -0.2) is 37.7 Å². The Morgan fingerprint density at radius 3 is 0.800 bits per heavy atom. The van der Waals surface area contributed by atoms with Crippen LogP contribution < -0.4 is 14.8 Å². The summed E-state index contributed by atoms with van der Waals surface area (Å²) in [5.74, 6) is 0. The summed E-state index contributed by atoms with van der Waals surface area (Å²) >= 11 is -8.17. The topological polar surface area (TPSA) is 126 Å². The number of hydrogen-bond acceptors (Lipinski definition) is 6. The molecule has 0 aliphatic heterocycles. The van der Waals surface area contributed by atoms with Gasteiger partial charge in [-0.25, -0.2) is 0 Å². The van der Waals surface area contributed by atoms with Crippen LogP contribution in [0, 0.1) is 0 Å². The van der Waals surface area contributed by atoms with E-state index >= 15 is 0 Å². The standard InChI is InChI=1S/Ca.Cu.6O.2Ti/q2*+2;;;4*-1;;. The first-order valence-electron chi connectivity index (χ1n) is 1.22. The van der Waals surface area contributed by atoms with Gasteiger partial charge in [-0.15, -0.1) is 0 Å². The molecule has 0 fully saturated rings. The molecule has 0 N–H and O–H groups in total. The molecule has 0 amide bonds. The zero-order valence-corrected chi connectivity index (χ0v) is 10.7. The van der Waals surface area contributed by atoms with Gasteiger partial charge in [-0.2, -0.15) is 0 Å². The van der Waals surface area contributed by atoms with Crippen molar-refractivity contribution in [1.82, 2.24) is 0 Å². The Hall–Kier alpha value is 2.65. The van der Waals surface area contributed by atoms with Crippen LogP contribution in [-0.2, 0) is 61.0 Å². The summed E-state index contributed by atoms with van der Waals surface area (Å²) in [5.41, 5.74) is 0. The van der Waals surface area contributed by atoms with E-state index in [0.29, 0.717) is 0 Å². The average molecular weight is 295 g/mol. The molecule has 10 heteroatoms. The van der Waals surface area contributed by atoms with Gasteiger partial charge in [-0.1, -0.05) is 0 Å². The molecule has 0 atom stereocenters. The first-order valence-corrected chi connectivity index (χ1v) is 5.05. The first-order chi connectivity index (χ1) is 3.46. The zero-order chi connectivity index (χ0) is 7.15. The van der Waals surface area contributed by atoms with E-state index in [0.717, 1.165) is 0 Å². The van der Waals surface area contributed by atoms with E-state index in [9.17, 15) is 0 Å². The second-order valence-corrected chi connectivity index (χ2v) is 2.06. The Morgan fingerprint density at radius 1 is 0.800 bits per heavy atom. The Labute approximate surface area is 111 Å². The van der Waals surface area contributed by atoms with Gasteiger partial charge in [0.05, 0.1) is 0 Å². The maximum atomic E-state index is 8.58. The predicted molar refractivity (Wildman–Crippen MR) is 7.13 cm³/mol. The van der Waals surface area contributed by atoms with Crippen molar-refractivity contribution in [3.8, 4) is 0 Å². The first kappa shape index (κ1) is 22.9. The molecule has 57 valence electrons. The van der Waals surface area contributed by atoms with E-state index in [4.69, 9.17) is 21.4 Å². The zero-order valence-electron chi connectivity index (χ0n) is 4.46. The predicted octanol–water partition coefficient (Wildman–Crippen LogP) is -5.38. The molecule has 6 nitrogen and oxygen atoms in total. The molecule has 0 heterocycles. The van der Waals surface area contributed by atoms with Gasteiger partial charge in [0.15, 0.2) is 0 Å². The van der Waals surface area contributed by atoms with Crippen LogP contribution in [0.2, 0.25) is 0 Å². The summed E-state index contributed by atoms with van der Waals surface area (Å²) in [7, 11) is 0. The summed E-state index contributed by atoms with van der Waals surface area (Å²) in [6, 6.07) is 0. The quantitative estimate of drug-likeness (QED) is 0.411. The normalized spacial score (nSPS) is 5.20. The van der Waals surface area contributed by atoms with Crippen molar-refractivity contribution in [1.29, 1.82) is 0 Å². The minimum atomic E-state index is -4.08. The van der Waals surface area contributed by atoms with Crippen LogP contribution in [0.3, 0.4) is 0 Å². The third kappa shape index (κ3) is 141. The summed E-state index contributed by atoms with van der Waals surface area (Å²) < 4.78 is 51.5. The van der Waals surface area contributed by atoms with E-state index in [1.165, 1.54) is 0 Å². The van der Waals surface area contributed by atoms with Crippen molar-refractivity contribution in [2.24, 2.45) is 0 Å². The fraction of sp³-hybridized carbons (Fsp3) is 0. The second kappa shape index (κ2) is 17.7.